The van der Waals surface area contributed by atoms with Crippen molar-refractivity contribution >= 4 is 17.3 Å². The van der Waals surface area contributed by atoms with Gasteiger partial charge in [0.1, 0.15) is 11.6 Å². The monoisotopic (exact) mass is 416 g/mol. The van der Waals surface area contributed by atoms with Crippen LogP contribution in [0.3, 0.4) is 0 Å². The predicted octanol–water partition coefficient (Wildman–Crippen LogP) is 6.90. The van der Waals surface area contributed by atoms with E-state index in [1.165, 1.54) is 6.92 Å². The van der Waals surface area contributed by atoms with Crippen molar-refractivity contribution in [2.24, 2.45) is 29.1 Å². The Labute approximate surface area is 184 Å². The first-order chi connectivity index (χ1) is 14.0. The Balaban J connectivity index is 3.00. The third-order valence-electron chi connectivity index (χ3n) is 6.51. The van der Waals surface area contributed by atoms with Crippen LogP contribution in [0.1, 0.15) is 99.8 Å². The number of hydrogen-bond acceptors (Lipinski definition) is 3. The molecule has 0 heterocycles. The Hall–Kier alpha value is -1.51. The molecule has 4 unspecified atom stereocenters. The maximum Gasteiger partial charge on any atom is 0.155 e. The first-order valence-corrected chi connectivity index (χ1v) is 11.9. The lowest BCUT2D eigenvalue weighted by Crippen LogP contribution is -2.27. The molecule has 0 fully saturated rings. The second-order valence-electron chi connectivity index (χ2n) is 10.4. The fourth-order valence-electron chi connectivity index (χ4n) is 5.16. The zero-order valence-corrected chi connectivity index (χ0v) is 20.4. The maximum absolute atomic E-state index is 12.8. The molecule has 0 saturated carbocycles. The molecule has 1 aliphatic carbocycles. The molecular weight excluding hydrogens is 372 g/mol. The van der Waals surface area contributed by atoms with Crippen LogP contribution < -0.4 is 0 Å². The summed E-state index contributed by atoms with van der Waals surface area (Å²) < 4.78 is 0. The smallest absolute Gasteiger partial charge is 0.155 e. The van der Waals surface area contributed by atoms with E-state index < -0.39 is 0 Å². The number of Topliss-reactive ketones (excluding diaryl/α,β-unsaturated/α-hetero) is 2. The molecular formula is C27H44O3. The Morgan fingerprint density at radius 1 is 1.20 bits per heavy atom. The molecule has 0 saturated heterocycles. The molecule has 0 N–H and O–H groups in total. The highest BCUT2D eigenvalue weighted by Crippen LogP contribution is 2.36. The summed E-state index contributed by atoms with van der Waals surface area (Å²) in [5.41, 5.74) is 1.23. The third-order valence-corrected chi connectivity index (χ3v) is 6.51. The Morgan fingerprint density at radius 2 is 1.87 bits per heavy atom. The number of hydrogen-bond donors (Lipinski definition) is 0. The number of allylic oxidation sites excluding steroid dienone is 4. The summed E-state index contributed by atoms with van der Waals surface area (Å²) in [4.78, 5) is 37.0. The molecule has 0 radical (unpaired) electrons. The summed E-state index contributed by atoms with van der Waals surface area (Å²) in [7, 11) is 0. The van der Waals surface area contributed by atoms with Gasteiger partial charge in [-0.05, 0) is 62.9 Å². The van der Waals surface area contributed by atoms with Gasteiger partial charge in [-0.3, -0.25) is 14.4 Å². The molecule has 0 aromatic carbocycles. The molecule has 1 rings (SSSR count). The Kier molecular flexibility index (Phi) is 10.9. The third kappa shape index (κ3) is 8.70. The molecule has 0 amide bonds. The van der Waals surface area contributed by atoms with Crippen molar-refractivity contribution in [2.45, 2.75) is 99.8 Å². The highest BCUT2D eigenvalue weighted by molar-refractivity contribution is 5.99. The van der Waals surface area contributed by atoms with Gasteiger partial charge in [0, 0.05) is 18.3 Å². The molecule has 0 aliphatic heterocycles. The average molecular weight is 417 g/mol. The largest absolute Gasteiger partial charge is 0.300 e. The summed E-state index contributed by atoms with van der Waals surface area (Å²) >= 11 is 0. The molecule has 3 heteroatoms. The molecule has 0 bridgehead atoms. The van der Waals surface area contributed by atoms with E-state index in [1.807, 2.05) is 13.0 Å². The Morgan fingerprint density at radius 3 is 2.40 bits per heavy atom. The van der Waals surface area contributed by atoms with Crippen molar-refractivity contribution in [1.29, 1.82) is 0 Å². The van der Waals surface area contributed by atoms with Crippen LogP contribution in [0.15, 0.2) is 23.8 Å². The van der Waals surface area contributed by atoms with Gasteiger partial charge < -0.3 is 0 Å². The number of carbonyl (C=O) groups excluding carboxylic acids is 3. The normalized spacial score (nSPS) is 24.6. The van der Waals surface area contributed by atoms with Gasteiger partial charge in [-0.25, -0.2) is 0 Å². The van der Waals surface area contributed by atoms with Crippen molar-refractivity contribution in [3.63, 3.8) is 0 Å². The predicted molar refractivity (Wildman–Crippen MR) is 125 cm³/mol. The van der Waals surface area contributed by atoms with Crippen LogP contribution >= 0.6 is 0 Å². The lowest BCUT2D eigenvalue weighted by molar-refractivity contribution is -0.129. The summed E-state index contributed by atoms with van der Waals surface area (Å²) in [5.74, 6) is 0.981. The van der Waals surface area contributed by atoms with Gasteiger partial charge in [0.25, 0.3) is 0 Å². The van der Waals surface area contributed by atoms with Crippen LogP contribution in [0, 0.1) is 29.1 Å². The SMILES string of the molecule is CCCC(CC1CCC=CC(C(C)(C)C)/C(C)=C/C(=O)C1)C(CC)C(=O)CC(C)=O. The van der Waals surface area contributed by atoms with Gasteiger partial charge in [0.15, 0.2) is 5.78 Å². The van der Waals surface area contributed by atoms with Gasteiger partial charge in [-0.1, -0.05) is 65.2 Å². The molecule has 0 spiro atoms. The zero-order valence-electron chi connectivity index (χ0n) is 20.4. The van der Waals surface area contributed by atoms with Crippen molar-refractivity contribution < 1.29 is 14.4 Å². The van der Waals surface area contributed by atoms with Crippen LogP contribution in [0.4, 0.5) is 0 Å². The van der Waals surface area contributed by atoms with Gasteiger partial charge in [-0.2, -0.15) is 0 Å². The molecule has 3 nitrogen and oxygen atoms in total. The van der Waals surface area contributed by atoms with Crippen molar-refractivity contribution in [2.75, 3.05) is 0 Å². The van der Waals surface area contributed by atoms with Gasteiger partial charge in [0.05, 0.1) is 6.42 Å². The van der Waals surface area contributed by atoms with Gasteiger partial charge in [-0.15, -0.1) is 0 Å². The number of carbonyl (C=O) groups is 3. The molecule has 1 aliphatic rings. The molecule has 4 atom stereocenters. The van der Waals surface area contributed by atoms with E-state index in [0.29, 0.717) is 6.42 Å². The molecule has 170 valence electrons. The van der Waals surface area contributed by atoms with E-state index in [0.717, 1.165) is 44.1 Å². The maximum atomic E-state index is 12.8. The standard InChI is InChI=1S/C27H44O3/c1-8-12-22(24(9-2)26(30)16-20(4)28)17-21-13-10-11-14-25(27(5,6)7)19(3)15-23(29)18-21/h11,14-15,21-22,24-25H,8-10,12-13,16-18H2,1-7H3/b14-11?,19-15+. The lowest BCUT2D eigenvalue weighted by atomic mass is 9.73. The van der Waals surface area contributed by atoms with Crippen LogP contribution in [0.5, 0.6) is 0 Å². The van der Waals surface area contributed by atoms with E-state index in [-0.39, 0.29) is 52.9 Å². The second kappa shape index (κ2) is 12.4. The quantitative estimate of drug-likeness (QED) is 0.303. The fourth-order valence-corrected chi connectivity index (χ4v) is 5.16. The van der Waals surface area contributed by atoms with Crippen molar-refractivity contribution in [3.05, 3.63) is 23.8 Å². The van der Waals surface area contributed by atoms with Crippen LogP contribution in [-0.2, 0) is 14.4 Å². The number of ketones is 3. The van der Waals surface area contributed by atoms with E-state index >= 15 is 0 Å². The van der Waals surface area contributed by atoms with E-state index in [2.05, 4.69) is 46.8 Å². The first kappa shape index (κ1) is 26.5. The van der Waals surface area contributed by atoms with Crippen LogP contribution in [-0.4, -0.2) is 17.3 Å². The summed E-state index contributed by atoms with van der Waals surface area (Å²) in [6, 6.07) is 0. The summed E-state index contributed by atoms with van der Waals surface area (Å²) in [5, 5.41) is 0. The highest BCUT2D eigenvalue weighted by Gasteiger charge is 2.30. The van der Waals surface area contributed by atoms with Gasteiger partial charge >= 0.3 is 0 Å². The lowest BCUT2D eigenvalue weighted by Gasteiger charge is -2.31. The Bertz CT molecular complexity index is 648. The van der Waals surface area contributed by atoms with Crippen LogP contribution in [0.2, 0.25) is 0 Å². The minimum absolute atomic E-state index is 0.0428. The van der Waals surface area contributed by atoms with E-state index in [9.17, 15) is 14.4 Å². The van der Waals surface area contributed by atoms with E-state index in [1.54, 1.807) is 0 Å². The molecule has 0 aromatic rings. The van der Waals surface area contributed by atoms with Crippen molar-refractivity contribution in [3.8, 4) is 0 Å². The van der Waals surface area contributed by atoms with Crippen molar-refractivity contribution in [1.82, 2.24) is 0 Å². The minimum atomic E-state index is -0.0718. The molecule has 30 heavy (non-hydrogen) atoms. The second-order valence-corrected chi connectivity index (χ2v) is 10.4. The zero-order chi connectivity index (χ0) is 22.9. The fraction of sp³-hybridized carbons (Fsp3) is 0.741. The van der Waals surface area contributed by atoms with Crippen LogP contribution in [0.25, 0.3) is 0 Å². The topological polar surface area (TPSA) is 51.2 Å². The summed E-state index contributed by atoms with van der Waals surface area (Å²) in [6.45, 7) is 14.4. The summed E-state index contributed by atoms with van der Waals surface area (Å²) in [6.07, 6.45) is 12.6. The first-order valence-electron chi connectivity index (χ1n) is 11.9. The number of rotatable bonds is 9. The minimum Gasteiger partial charge on any atom is -0.300 e. The average Bonchev–Trinajstić information content (AvgIpc) is 2.59. The highest BCUT2D eigenvalue weighted by atomic mass is 16.1. The van der Waals surface area contributed by atoms with E-state index in [4.69, 9.17) is 0 Å². The van der Waals surface area contributed by atoms with Gasteiger partial charge in [0.2, 0.25) is 0 Å². The molecule has 0 aromatic heterocycles.